The van der Waals surface area contributed by atoms with Gasteiger partial charge in [0.2, 0.25) is 5.91 Å². The van der Waals surface area contributed by atoms with E-state index in [1.165, 1.54) is 0 Å². The van der Waals surface area contributed by atoms with Gasteiger partial charge < -0.3 is 10.6 Å². The summed E-state index contributed by atoms with van der Waals surface area (Å²) >= 11 is 5.83. The van der Waals surface area contributed by atoms with E-state index in [1.54, 1.807) is 0 Å². The highest BCUT2D eigenvalue weighted by Crippen LogP contribution is 2.17. The van der Waals surface area contributed by atoms with Gasteiger partial charge >= 0.3 is 0 Å². The molecule has 98 valence electrons. The summed E-state index contributed by atoms with van der Waals surface area (Å²) in [6.07, 6.45) is 2.66. The van der Waals surface area contributed by atoms with Gasteiger partial charge in [0.1, 0.15) is 0 Å². The zero-order valence-electron chi connectivity index (χ0n) is 10.4. The lowest BCUT2D eigenvalue weighted by atomic mass is 9.97. The van der Waals surface area contributed by atoms with Gasteiger partial charge in [-0.1, -0.05) is 23.7 Å². The summed E-state index contributed by atoms with van der Waals surface area (Å²) < 4.78 is 0. The van der Waals surface area contributed by atoms with Gasteiger partial charge in [0, 0.05) is 18.1 Å². The highest BCUT2D eigenvalue weighted by molar-refractivity contribution is 6.30. The minimum atomic E-state index is 0.190. The van der Waals surface area contributed by atoms with Crippen molar-refractivity contribution in [3.05, 3.63) is 34.9 Å². The molecule has 0 aromatic heterocycles. The van der Waals surface area contributed by atoms with Crippen molar-refractivity contribution in [2.45, 2.75) is 19.3 Å². The SMILES string of the molecule is NCC1CCCN(C(=O)Cc2ccc(Cl)cc2)C1. The predicted octanol–water partition coefficient (Wildman–Crippen LogP) is 2.08. The number of carbonyl (C=O) groups excluding carboxylic acids is 1. The smallest absolute Gasteiger partial charge is 0.226 e. The molecule has 0 bridgehead atoms. The lowest BCUT2D eigenvalue weighted by Gasteiger charge is -2.32. The van der Waals surface area contributed by atoms with Crippen LogP contribution in [-0.2, 0) is 11.2 Å². The Balaban J connectivity index is 1.93. The molecule has 0 radical (unpaired) electrons. The first-order valence-corrected chi connectivity index (χ1v) is 6.79. The van der Waals surface area contributed by atoms with Crippen molar-refractivity contribution in [3.63, 3.8) is 0 Å². The monoisotopic (exact) mass is 266 g/mol. The Hall–Kier alpha value is -1.06. The Morgan fingerprint density at radius 1 is 1.39 bits per heavy atom. The van der Waals surface area contributed by atoms with Crippen LogP contribution in [0.25, 0.3) is 0 Å². The third-order valence-corrected chi connectivity index (χ3v) is 3.73. The number of nitrogens with zero attached hydrogens (tertiary/aromatic N) is 1. The molecule has 1 atom stereocenters. The van der Waals surface area contributed by atoms with Crippen molar-refractivity contribution in [1.29, 1.82) is 0 Å². The summed E-state index contributed by atoms with van der Waals surface area (Å²) in [5.74, 6) is 0.656. The third kappa shape index (κ3) is 3.47. The molecule has 18 heavy (non-hydrogen) atoms. The Morgan fingerprint density at radius 3 is 2.78 bits per heavy atom. The molecule has 2 rings (SSSR count). The lowest BCUT2D eigenvalue weighted by molar-refractivity contribution is -0.132. The maximum absolute atomic E-state index is 12.2. The van der Waals surface area contributed by atoms with E-state index in [0.717, 1.165) is 31.5 Å². The molecule has 1 amide bonds. The number of hydrogen-bond donors (Lipinski definition) is 1. The molecule has 2 N–H and O–H groups in total. The molecule has 1 aromatic rings. The van der Waals surface area contributed by atoms with Crippen LogP contribution in [0.3, 0.4) is 0 Å². The lowest BCUT2D eigenvalue weighted by Crippen LogP contribution is -2.42. The van der Waals surface area contributed by atoms with E-state index in [0.29, 0.717) is 23.9 Å². The van der Waals surface area contributed by atoms with E-state index in [-0.39, 0.29) is 5.91 Å². The molecule has 4 heteroatoms. The van der Waals surface area contributed by atoms with Crippen molar-refractivity contribution < 1.29 is 4.79 Å². The van der Waals surface area contributed by atoms with Gasteiger partial charge in [-0.05, 0) is 43.0 Å². The Labute approximate surface area is 113 Å². The van der Waals surface area contributed by atoms with Crippen molar-refractivity contribution in [1.82, 2.24) is 4.90 Å². The van der Waals surface area contributed by atoms with Crippen LogP contribution in [0.4, 0.5) is 0 Å². The topological polar surface area (TPSA) is 46.3 Å². The zero-order chi connectivity index (χ0) is 13.0. The Kier molecular flexibility index (Phi) is 4.61. The molecular weight excluding hydrogens is 248 g/mol. The molecule has 1 aromatic carbocycles. The number of rotatable bonds is 3. The molecule has 1 fully saturated rings. The number of piperidine rings is 1. The van der Waals surface area contributed by atoms with Gasteiger partial charge in [0.05, 0.1) is 6.42 Å². The number of nitrogens with two attached hydrogens (primary N) is 1. The van der Waals surface area contributed by atoms with E-state index in [1.807, 2.05) is 29.2 Å². The van der Waals surface area contributed by atoms with Crippen LogP contribution in [-0.4, -0.2) is 30.4 Å². The quantitative estimate of drug-likeness (QED) is 0.911. The maximum atomic E-state index is 12.2. The van der Waals surface area contributed by atoms with Crippen LogP contribution >= 0.6 is 11.6 Å². The molecular formula is C14H19ClN2O. The highest BCUT2D eigenvalue weighted by atomic mass is 35.5. The summed E-state index contributed by atoms with van der Waals surface area (Å²) in [7, 11) is 0. The van der Waals surface area contributed by atoms with Crippen LogP contribution in [0.2, 0.25) is 5.02 Å². The summed E-state index contributed by atoms with van der Waals surface area (Å²) in [4.78, 5) is 14.1. The van der Waals surface area contributed by atoms with E-state index in [9.17, 15) is 4.79 Å². The number of amides is 1. The maximum Gasteiger partial charge on any atom is 0.226 e. The van der Waals surface area contributed by atoms with Crippen molar-refractivity contribution in [2.75, 3.05) is 19.6 Å². The first-order valence-electron chi connectivity index (χ1n) is 6.41. The van der Waals surface area contributed by atoms with Gasteiger partial charge in [-0.15, -0.1) is 0 Å². The number of benzene rings is 1. The van der Waals surface area contributed by atoms with Crippen LogP contribution in [0, 0.1) is 5.92 Å². The van der Waals surface area contributed by atoms with Crippen molar-refractivity contribution in [3.8, 4) is 0 Å². The number of carbonyl (C=O) groups is 1. The van der Waals surface area contributed by atoms with Gasteiger partial charge in [-0.2, -0.15) is 0 Å². The Bertz CT molecular complexity index is 405. The molecule has 1 unspecified atom stereocenters. The normalized spacial score (nSPS) is 19.9. The summed E-state index contributed by atoms with van der Waals surface area (Å²) in [5, 5.41) is 0.701. The standard InChI is InChI=1S/C14H19ClN2O/c15-13-5-3-11(4-6-13)8-14(18)17-7-1-2-12(9-16)10-17/h3-6,12H,1-2,7-10,16H2. The summed E-state index contributed by atoms with van der Waals surface area (Å²) in [6.45, 7) is 2.34. The van der Waals surface area contributed by atoms with E-state index in [4.69, 9.17) is 17.3 Å². The number of hydrogen-bond acceptors (Lipinski definition) is 2. The van der Waals surface area contributed by atoms with Gasteiger partial charge in [0.25, 0.3) is 0 Å². The van der Waals surface area contributed by atoms with Crippen molar-refractivity contribution >= 4 is 17.5 Å². The van der Waals surface area contributed by atoms with E-state index < -0.39 is 0 Å². The molecule has 0 spiro atoms. The predicted molar refractivity (Wildman–Crippen MR) is 73.5 cm³/mol. The number of likely N-dealkylation sites (tertiary alicyclic amines) is 1. The largest absolute Gasteiger partial charge is 0.342 e. The molecule has 1 saturated heterocycles. The Morgan fingerprint density at radius 2 is 2.11 bits per heavy atom. The molecule has 1 heterocycles. The second kappa shape index (κ2) is 6.21. The van der Waals surface area contributed by atoms with E-state index >= 15 is 0 Å². The van der Waals surface area contributed by atoms with Gasteiger partial charge in [-0.25, -0.2) is 0 Å². The van der Waals surface area contributed by atoms with Crippen LogP contribution in [0.1, 0.15) is 18.4 Å². The fourth-order valence-electron chi connectivity index (χ4n) is 2.37. The molecule has 1 aliphatic rings. The molecule has 1 aliphatic heterocycles. The minimum absolute atomic E-state index is 0.190. The zero-order valence-corrected chi connectivity index (χ0v) is 11.2. The summed E-state index contributed by atoms with van der Waals surface area (Å²) in [6, 6.07) is 7.46. The molecule has 0 saturated carbocycles. The van der Waals surface area contributed by atoms with Crippen LogP contribution < -0.4 is 5.73 Å². The molecule has 3 nitrogen and oxygen atoms in total. The van der Waals surface area contributed by atoms with Crippen LogP contribution in [0.15, 0.2) is 24.3 Å². The average Bonchev–Trinajstić information content (AvgIpc) is 2.41. The third-order valence-electron chi connectivity index (χ3n) is 3.47. The fraction of sp³-hybridized carbons (Fsp3) is 0.500. The minimum Gasteiger partial charge on any atom is -0.342 e. The first kappa shape index (κ1) is 13.4. The fourth-order valence-corrected chi connectivity index (χ4v) is 2.50. The van der Waals surface area contributed by atoms with E-state index in [2.05, 4.69) is 0 Å². The second-order valence-electron chi connectivity index (χ2n) is 4.89. The molecule has 0 aliphatic carbocycles. The first-order chi connectivity index (χ1) is 8.69. The second-order valence-corrected chi connectivity index (χ2v) is 5.32. The number of halogens is 1. The van der Waals surface area contributed by atoms with Crippen molar-refractivity contribution in [2.24, 2.45) is 11.7 Å². The highest BCUT2D eigenvalue weighted by Gasteiger charge is 2.22. The van der Waals surface area contributed by atoms with Gasteiger partial charge in [-0.3, -0.25) is 4.79 Å². The summed E-state index contributed by atoms with van der Waals surface area (Å²) in [5.41, 5.74) is 6.70. The van der Waals surface area contributed by atoms with Crippen LogP contribution in [0.5, 0.6) is 0 Å². The average molecular weight is 267 g/mol. The van der Waals surface area contributed by atoms with Gasteiger partial charge in [0.15, 0.2) is 0 Å².